The minimum absolute atomic E-state index is 0.0841. The molecule has 1 rings (SSSR count). The molecule has 0 bridgehead atoms. The molecule has 0 radical (unpaired) electrons. The van der Waals surface area contributed by atoms with Crippen LogP contribution in [0, 0.1) is 11.8 Å². The minimum atomic E-state index is -1.04. The van der Waals surface area contributed by atoms with Gasteiger partial charge in [-0.2, -0.15) is 0 Å². The first-order valence-electron chi connectivity index (χ1n) is 21.3. The van der Waals surface area contributed by atoms with Crippen LogP contribution in [0.4, 0.5) is 0 Å². The Kier molecular flexibility index (Phi) is 30.4. The third-order valence-corrected chi connectivity index (χ3v) is 10.4. The van der Waals surface area contributed by atoms with Gasteiger partial charge in [-0.3, -0.25) is 14.4 Å². The number of unbranched alkanes of at least 4 members (excludes halogenated alkanes) is 21. The van der Waals surface area contributed by atoms with Crippen molar-refractivity contribution in [3.63, 3.8) is 0 Å². The van der Waals surface area contributed by atoms with Crippen molar-refractivity contribution in [2.45, 2.75) is 218 Å². The van der Waals surface area contributed by atoms with Gasteiger partial charge in [-0.05, 0) is 25.7 Å². The highest BCUT2D eigenvalue weighted by atomic mass is 16.6. The summed E-state index contributed by atoms with van der Waals surface area (Å²) in [7, 11) is 0. The number of aliphatic hydroxyl groups is 3. The highest BCUT2D eigenvalue weighted by molar-refractivity contribution is 5.84. The lowest BCUT2D eigenvalue weighted by Gasteiger charge is -2.18. The molecular weight excluding hydrogens is 644 g/mol. The smallest absolute Gasteiger partial charge is 0.305 e. The van der Waals surface area contributed by atoms with Crippen LogP contribution in [0.3, 0.4) is 0 Å². The first-order chi connectivity index (χ1) is 24.8. The minimum Gasteiger partial charge on any atom is -0.463 e. The molecule has 3 N–H and O–H groups in total. The Balaban J connectivity index is 1.97. The summed E-state index contributed by atoms with van der Waals surface area (Å²) in [6.07, 6.45) is 31.7. The zero-order valence-corrected chi connectivity index (χ0v) is 32.8. The monoisotopic (exact) mass is 723 g/mol. The van der Waals surface area contributed by atoms with Crippen LogP contribution in [-0.4, -0.2) is 64.6 Å². The summed E-state index contributed by atoms with van der Waals surface area (Å²) < 4.78 is 10.3. The zero-order chi connectivity index (χ0) is 37.4. The van der Waals surface area contributed by atoms with E-state index in [-0.39, 0.29) is 55.6 Å². The van der Waals surface area contributed by atoms with Crippen molar-refractivity contribution in [2.75, 3.05) is 13.2 Å². The fraction of sp³-hybridized carbons (Fsp3) is 0.884. The summed E-state index contributed by atoms with van der Waals surface area (Å²) in [6, 6.07) is 0. The van der Waals surface area contributed by atoms with Crippen LogP contribution < -0.4 is 0 Å². The Morgan fingerprint density at radius 3 is 1.53 bits per heavy atom. The average Bonchev–Trinajstić information content (AvgIpc) is 3.39. The van der Waals surface area contributed by atoms with Crippen LogP contribution in [0.1, 0.15) is 200 Å². The maximum Gasteiger partial charge on any atom is 0.305 e. The molecule has 0 heterocycles. The topological polar surface area (TPSA) is 130 Å². The lowest BCUT2D eigenvalue weighted by atomic mass is 9.88. The highest BCUT2D eigenvalue weighted by Gasteiger charge is 2.39. The lowest BCUT2D eigenvalue weighted by molar-refractivity contribution is -0.152. The van der Waals surface area contributed by atoms with Gasteiger partial charge in [-0.1, -0.05) is 167 Å². The molecule has 0 aromatic heterocycles. The second-order valence-corrected chi connectivity index (χ2v) is 15.2. The molecule has 1 aliphatic carbocycles. The molecule has 298 valence electrons. The Morgan fingerprint density at radius 2 is 1.06 bits per heavy atom. The van der Waals surface area contributed by atoms with Crippen molar-refractivity contribution in [1.82, 2.24) is 0 Å². The number of carbonyl (C=O) groups excluding carboxylic acids is 3. The van der Waals surface area contributed by atoms with E-state index in [2.05, 4.69) is 13.8 Å². The molecule has 1 aliphatic rings. The summed E-state index contributed by atoms with van der Waals surface area (Å²) in [4.78, 5) is 36.6. The van der Waals surface area contributed by atoms with Gasteiger partial charge in [-0.25, -0.2) is 0 Å². The van der Waals surface area contributed by atoms with Crippen molar-refractivity contribution in [3.8, 4) is 0 Å². The molecule has 5 atom stereocenters. The van der Waals surface area contributed by atoms with Gasteiger partial charge < -0.3 is 24.8 Å². The highest BCUT2D eigenvalue weighted by Crippen LogP contribution is 2.34. The van der Waals surface area contributed by atoms with Crippen LogP contribution in [0.2, 0.25) is 0 Å². The Morgan fingerprint density at radius 1 is 0.647 bits per heavy atom. The molecule has 8 heteroatoms. The molecule has 0 spiro atoms. The van der Waals surface area contributed by atoms with Crippen molar-refractivity contribution in [3.05, 3.63) is 12.2 Å². The fourth-order valence-electron chi connectivity index (χ4n) is 7.10. The molecule has 0 aliphatic heterocycles. The summed E-state index contributed by atoms with van der Waals surface area (Å²) in [5.41, 5.74) is 0. The number of aliphatic hydroxyl groups excluding tert-OH is 3. The quantitative estimate of drug-likeness (QED) is 0.0335. The number of hydrogen-bond acceptors (Lipinski definition) is 8. The van der Waals surface area contributed by atoms with E-state index in [4.69, 9.17) is 9.47 Å². The summed E-state index contributed by atoms with van der Waals surface area (Å²) in [5, 5.41) is 30.6. The second-order valence-electron chi connectivity index (χ2n) is 15.2. The Hall–Kier alpha value is -1.77. The van der Waals surface area contributed by atoms with Crippen LogP contribution in [-0.2, 0) is 23.9 Å². The predicted molar refractivity (Wildman–Crippen MR) is 206 cm³/mol. The molecule has 0 aromatic rings. The van der Waals surface area contributed by atoms with E-state index in [1.165, 1.54) is 89.9 Å². The lowest BCUT2D eigenvalue weighted by Crippen LogP contribution is -2.25. The van der Waals surface area contributed by atoms with Crippen LogP contribution in [0.25, 0.3) is 0 Å². The SMILES string of the molecule is CCCCCCCCCCCCCCCCCCCC(=O)OC[C@H](O)COC(=O)CCCCCC[C@H]1C(=O)C[C@@H](O)[C@@H]1/C=C/[C@@H](O)CCCCC. The maximum absolute atomic E-state index is 12.5. The molecule has 0 aromatic carbocycles. The van der Waals surface area contributed by atoms with Crippen molar-refractivity contribution < 1.29 is 39.2 Å². The van der Waals surface area contributed by atoms with Gasteiger partial charge in [0.25, 0.3) is 0 Å². The summed E-state index contributed by atoms with van der Waals surface area (Å²) in [5.74, 6) is -1.10. The van der Waals surface area contributed by atoms with Crippen molar-refractivity contribution >= 4 is 17.7 Å². The van der Waals surface area contributed by atoms with Crippen LogP contribution in [0.5, 0.6) is 0 Å². The molecule has 0 amide bonds. The van der Waals surface area contributed by atoms with E-state index in [0.29, 0.717) is 25.7 Å². The third kappa shape index (κ3) is 26.6. The van der Waals surface area contributed by atoms with E-state index in [9.17, 15) is 29.7 Å². The Labute approximate surface area is 311 Å². The second kappa shape index (κ2) is 32.8. The van der Waals surface area contributed by atoms with Crippen molar-refractivity contribution in [1.29, 1.82) is 0 Å². The maximum atomic E-state index is 12.5. The van der Waals surface area contributed by atoms with Crippen LogP contribution >= 0.6 is 0 Å². The fourth-order valence-corrected chi connectivity index (χ4v) is 7.10. The third-order valence-electron chi connectivity index (χ3n) is 10.4. The number of ether oxygens (including phenoxy) is 2. The molecule has 8 nitrogen and oxygen atoms in total. The van der Waals surface area contributed by atoms with Gasteiger partial charge in [-0.15, -0.1) is 0 Å². The van der Waals surface area contributed by atoms with Gasteiger partial charge in [0.15, 0.2) is 0 Å². The summed E-state index contributed by atoms with van der Waals surface area (Å²) >= 11 is 0. The zero-order valence-electron chi connectivity index (χ0n) is 32.8. The largest absolute Gasteiger partial charge is 0.463 e. The molecular formula is C43H78O8. The van der Waals surface area contributed by atoms with Gasteiger partial charge in [0.2, 0.25) is 0 Å². The number of rotatable bonds is 35. The molecule has 51 heavy (non-hydrogen) atoms. The van der Waals surface area contributed by atoms with Gasteiger partial charge in [0.05, 0.1) is 12.2 Å². The number of hydrogen-bond donors (Lipinski definition) is 3. The molecule has 0 unspecified atom stereocenters. The van der Waals surface area contributed by atoms with E-state index in [0.717, 1.165) is 57.8 Å². The van der Waals surface area contributed by atoms with Gasteiger partial charge >= 0.3 is 11.9 Å². The van der Waals surface area contributed by atoms with E-state index < -0.39 is 18.3 Å². The predicted octanol–water partition coefficient (Wildman–Crippen LogP) is 9.88. The van der Waals surface area contributed by atoms with Crippen molar-refractivity contribution in [2.24, 2.45) is 11.8 Å². The number of Topliss-reactive ketones (excluding diaryl/α,β-unsaturated/α-hetero) is 1. The van der Waals surface area contributed by atoms with Crippen LogP contribution in [0.15, 0.2) is 12.2 Å². The standard InChI is InChI=1S/C43H78O8/c1-3-5-7-8-9-10-11-12-13-14-15-16-17-18-19-20-25-29-42(48)50-34-37(45)35-51-43(49)30-26-22-21-24-28-38-39(41(47)33-40(38)46)32-31-36(44)27-23-6-4-2/h31-32,36-39,41,44-45,47H,3-30,33-35H2,1-2H3/b32-31+/t36-,37-,38+,39+,41+/m0/s1. The first kappa shape index (κ1) is 47.3. The number of carbonyl (C=O) groups is 3. The Bertz CT molecular complexity index is 889. The van der Waals surface area contributed by atoms with Gasteiger partial charge in [0, 0.05) is 31.1 Å². The normalized spacial score (nSPS) is 18.8. The molecule has 1 fully saturated rings. The van der Waals surface area contributed by atoms with E-state index >= 15 is 0 Å². The van der Waals surface area contributed by atoms with E-state index in [1.807, 2.05) is 6.08 Å². The molecule has 1 saturated carbocycles. The first-order valence-corrected chi connectivity index (χ1v) is 21.3. The molecule has 0 saturated heterocycles. The average molecular weight is 723 g/mol. The number of esters is 2. The van der Waals surface area contributed by atoms with Gasteiger partial charge in [0.1, 0.15) is 25.1 Å². The summed E-state index contributed by atoms with van der Waals surface area (Å²) in [6.45, 7) is 4.02. The van der Waals surface area contributed by atoms with E-state index in [1.54, 1.807) is 6.08 Å². The number of ketones is 1.